The molecule has 1 rings (SSSR count). The first-order valence-electron chi connectivity index (χ1n) is 6.89. The predicted molar refractivity (Wildman–Crippen MR) is 79.7 cm³/mol. The van der Waals surface area contributed by atoms with Gasteiger partial charge in [0.1, 0.15) is 0 Å². The summed E-state index contributed by atoms with van der Waals surface area (Å²) in [6.45, 7) is 9.18. The molecule has 0 aliphatic heterocycles. The van der Waals surface area contributed by atoms with Gasteiger partial charge in [-0.25, -0.2) is 0 Å². The molecular formula is C16H26N2O. The van der Waals surface area contributed by atoms with Crippen molar-refractivity contribution in [3.8, 4) is 0 Å². The van der Waals surface area contributed by atoms with Gasteiger partial charge in [0, 0.05) is 18.5 Å². The molecule has 0 atom stereocenters. The highest BCUT2D eigenvalue weighted by Crippen LogP contribution is 2.12. The third-order valence-electron chi connectivity index (χ3n) is 3.05. The molecule has 1 aromatic carbocycles. The molecule has 3 heteroatoms. The second-order valence-corrected chi connectivity index (χ2v) is 6.29. The minimum absolute atomic E-state index is 0.261. The Labute approximate surface area is 116 Å². The van der Waals surface area contributed by atoms with Gasteiger partial charge in [0.2, 0.25) is 5.91 Å². The lowest BCUT2D eigenvalue weighted by atomic mass is 9.99. The Hall–Kier alpha value is -1.35. The molecular weight excluding hydrogens is 236 g/mol. The zero-order chi connectivity index (χ0) is 14.5. The normalized spacial score (nSPS) is 11.8. The molecule has 3 N–H and O–H groups in total. The van der Waals surface area contributed by atoms with Crippen molar-refractivity contribution < 1.29 is 4.79 Å². The third kappa shape index (κ3) is 6.39. The van der Waals surface area contributed by atoms with Crippen LogP contribution in [0.25, 0.3) is 0 Å². The first-order valence-corrected chi connectivity index (χ1v) is 6.89. The van der Waals surface area contributed by atoms with E-state index in [9.17, 15) is 4.79 Å². The standard InChI is InChI=1S/C16H26N2O/c1-12(2)9-13-5-7-14(8-6-13)11-18-16(3,4)10-15(17)19/h5-8,12,18H,9-11H2,1-4H3,(H2,17,19). The number of rotatable bonds is 7. The fraction of sp³-hybridized carbons (Fsp3) is 0.562. The zero-order valence-electron chi connectivity index (χ0n) is 12.5. The molecule has 1 aromatic rings. The van der Waals surface area contributed by atoms with Crippen molar-refractivity contribution >= 4 is 5.91 Å². The quantitative estimate of drug-likeness (QED) is 0.793. The van der Waals surface area contributed by atoms with Crippen LogP contribution in [-0.2, 0) is 17.8 Å². The Morgan fingerprint density at radius 3 is 2.21 bits per heavy atom. The number of hydrogen-bond donors (Lipinski definition) is 2. The summed E-state index contributed by atoms with van der Waals surface area (Å²) in [7, 11) is 0. The molecule has 106 valence electrons. The van der Waals surface area contributed by atoms with Gasteiger partial charge in [-0.3, -0.25) is 4.79 Å². The van der Waals surface area contributed by atoms with Crippen molar-refractivity contribution in [3.05, 3.63) is 35.4 Å². The smallest absolute Gasteiger partial charge is 0.219 e. The van der Waals surface area contributed by atoms with E-state index in [-0.39, 0.29) is 11.4 Å². The number of benzene rings is 1. The van der Waals surface area contributed by atoms with E-state index >= 15 is 0 Å². The van der Waals surface area contributed by atoms with Crippen LogP contribution in [0.5, 0.6) is 0 Å². The highest BCUT2D eigenvalue weighted by atomic mass is 16.1. The van der Waals surface area contributed by atoms with Gasteiger partial charge < -0.3 is 11.1 Å². The average Bonchev–Trinajstić information content (AvgIpc) is 2.25. The van der Waals surface area contributed by atoms with Crippen LogP contribution in [0.2, 0.25) is 0 Å². The van der Waals surface area contributed by atoms with Crippen molar-refractivity contribution in [3.63, 3.8) is 0 Å². The van der Waals surface area contributed by atoms with E-state index in [0.29, 0.717) is 12.3 Å². The van der Waals surface area contributed by atoms with Crippen LogP contribution in [0.4, 0.5) is 0 Å². The Bertz CT molecular complexity index is 407. The van der Waals surface area contributed by atoms with E-state index in [1.165, 1.54) is 11.1 Å². The minimum Gasteiger partial charge on any atom is -0.370 e. The van der Waals surface area contributed by atoms with Gasteiger partial charge in [-0.2, -0.15) is 0 Å². The summed E-state index contributed by atoms with van der Waals surface area (Å²) in [4.78, 5) is 11.0. The molecule has 0 saturated heterocycles. The Balaban J connectivity index is 2.52. The van der Waals surface area contributed by atoms with Crippen LogP contribution in [0.15, 0.2) is 24.3 Å². The summed E-state index contributed by atoms with van der Waals surface area (Å²) < 4.78 is 0. The lowest BCUT2D eigenvalue weighted by Crippen LogP contribution is -2.42. The van der Waals surface area contributed by atoms with E-state index in [0.717, 1.165) is 13.0 Å². The highest BCUT2D eigenvalue weighted by Gasteiger charge is 2.19. The maximum Gasteiger partial charge on any atom is 0.219 e. The molecule has 1 amide bonds. The Morgan fingerprint density at radius 2 is 1.74 bits per heavy atom. The monoisotopic (exact) mass is 262 g/mol. The molecule has 0 spiro atoms. The molecule has 0 aliphatic rings. The van der Waals surface area contributed by atoms with E-state index in [4.69, 9.17) is 5.73 Å². The molecule has 0 unspecified atom stereocenters. The maximum absolute atomic E-state index is 11.0. The Morgan fingerprint density at radius 1 is 1.21 bits per heavy atom. The first kappa shape index (κ1) is 15.7. The fourth-order valence-corrected chi connectivity index (χ4v) is 2.10. The second kappa shape index (κ2) is 6.71. The number of amides is 1. The van der Waals surface area contributed by atoms with Crippen LogP contribution >= 0.6 is 0 Å². The Kier molecular flexibility index (Phi) is 5.55. The van der Waals surface area contributed by atoms with Gasteiger partial charge >= 0.3 is 0 Å². The van der Waals surface area contributed by atoms with Crippen molar-refractivity contribution in [1.82, 2.24) is 5.32 Å². The summed E-state index contributed by atoms with van der Waals surface area (Å²) in [6, 6.07) is 8.65. The lowest BCUT2D eigenvalue weighted by Gasteiger charge is -2.25. The van der Waals surface area contributed by atoms with E-state index in [1.54, 1.807) is 0 Å². The lowest BCUT2D eigenvalue weighted by molar-refractivity contribution is -0.119. The summed E-state index contributed by atoms with van der Waals surface area (Å²) in [5.74, 6) is 0.406. The maximum atomic E-state index is 11.0. The van der Waals surface area contributed by atoms with Crippen LogP contribution in [0.3, 0.4) is 0 Å². The van der Waals surface area contributed by atoms with Gasteiger partial charge in [0.05, 0.1) is 0 Å². The number of primary amides is 1. The average molecular weight is 262 g/mol. The molecule has 0 aliphatic carbocycles. The molecule has 3 nitrogen and oxygen atoms in total. The SMILES string of the molecule is CC(C)Cc1ccc(CNC(C)(C)CC(N)=O)cc1. The summed E-state index contributed by atoms with van der Waals surface area (Å²) in [6.07, 6.45) is 1.46. The highest BCUT2D eigenvalue weighted by molar-refractivity contribution is 5.74. The van der Waals surface area contributed by atoms with Crippen LogP contribution in [0.1, 0.15) is 45.2 Å². The van der Waals surface area contributed by atoms with Crippen molar-refractivity contribution in [2.75, 3.05) is 0 Å². The number of nitrogens with two attached hydrogens (primary N) is 1. The molecule has 0 radical (unpaired) electrons. The molecule has 0 heterocycles. The molecule has 0 saturated carbocycles. The number of nitrogens with one attached hydrogen (secondary N) is 1. The van der Waals surface area contributed by atoms with Crippen molar-refractivity contribution in [1.29, 1.82) is 0 Å². The van der Waals surface area contributed by atoms with Crippen LogP contribution in [-0.4, -0.2) is 11.4 Å². The van der Waals surface area contributed by atoms with Crippen molar-refractivity contribution in [2.45, 2.75) is 52.6 Å². The summed E-state index contributed by atoms with van der Waals surface area (Å²) in [5.41, 5.74) is 7.57. The van der Waals surface area contributed by atoms with Gasteiger partial charge in [-0.1, -0.05) is 38.1 Å². The van der Waals surface area contributed by atoms with Crippen LogP contribution in [0, 0.1) is 5.92 Å². The topological polar surface area (TPSA) is 55.1 Å². The number of carbonyl (C=O) groups excluding carboxylic acids is 1. The molecule has 19 heavy (non-hydrogen) atoms. The summed E-state index contributed by atoms with van der Waals surface area (Å²) in [5, 5.41) is 3.37. The fourth-order valence-electron chi connectivity index (χ4n) is 2.10. The van der Waals surface area contributed by atoms with Crippen LogP contribution < -0.4 is 11.1 Å². The van der Waals surface area contributed by atoms with E-state index in [2.05, 4.69) is 43.4 Å². The summed E-state index contributed by atoms with van der Waals surface area (Å²) >= 11 is 0. The minimum atomic E-state index is -0.273. The molecule has 0 bridgehead atoms. The second-order valence-electron chi connectivity index (χ2n) is 6.29. The molecule has 0 aromatic heterocycles. The predicted octanol–water partition coefficient (Wildman–Crippen LogP) is 2.63. The van der Waals surface area contributed by atoms with Crippen molar-refractivity contribution in [2.24, 2.45) is 11.7 Å². The van der Waals surface area contributed by atoms with E-state index < -0.39 is 0 Å². The third-order valence-corrected chi connectivity index (χ3v) is 3.05. The van der Waals surface area contributed by atoms with Gasteiger partial charge in [-0.05, 0) is 37.3 Å². The largest absolute Gasteiger partial charge is 0.370 e. The first-order chi connectivity index (χ1) is 8.78. The van der Waals surface area contributed by atoms with E-state index in [1.807, 2.05) is 13.8 Å². The number of hydrogen-bond acceptors (Lipinski definition) is 2. The number of carbonyl (C=O) groups is 1. The van der Waals surface area contributed by atoms with Gasteiger partial charge in [0.15, 0.2) is 0 Å². The van der Waals surface area contributed by atoms with Gasteiger partial charge in [-0.15, -0.1) is 0 Å². The van der Waals surface area contributed by atoms with Gasteiger partial charge in [0.25, 0.3) is 0 Å². The zero-order valence-corrected chi connectivity index (χ0v) is 12.5. The molecule has 0 fully saturated rings.